The number of allylic oxidation sites excluding steroid dienone is 18. The first-order valence-electron chi connectivity index (χ1n) is 31.9. The number of esters is 3. The molecule has 0 fully saturated rings. The molecule has 0 amide bonds. The van der Waals surface area contributed by atoms with Crippen molar-refractivity contribution in [3.05, 3.63) is 109 Å². The quantitative estimate of drug-likeness (QED) is 0.0261. The average molecular weight is 1060 g/mol. The number of hydrogen-bond donors (Lipinski definition) is 0. The second-order valence-corrected chi connectivity index (χ2v) is 20.9. The normalized spacial score (nSPS) is 12.8. The van der Waals surface area contributed by atoms with Crippen molar-refractivity contribution < 1.29 is 28.6 Å². The summed E-state index contributed by atoms with van der Waals surface area (Å²) >= 11 is 0. The van der Waals surface area contributed by atoms with Crippen molar-refractivity contribution in [3.8, 4) is 0 Å². The largest absolute Gasteiger partial charge is 0.462 e. The van der Waals surface area contributed by atoms with Gasteiger partial charge in [0.15, 0.2) is 6.10 Å². The molecule has 0 aromatic heterocycles. The lowest BCUT2D eigenvalue weighted by Crippen LogP contribution is -2.30. The van der Waals surface area contributed by atoms with Crippen LogP contribution in [0, 0.1) is 0 Å². The zero-order valence-corrected chi connectivity index (χ0v) is 49.7. The Hall–Kier alpha value is -3.93. The van der Waals surface area contributed by atoms with Gasteiger partial charge in [-0.25, -0.2) is 0 Å². The van der Waals surface area contributed by atoms with Gasteiger partial charge in [-0.3, -0.25) is 14.4 Å². The van der Waals surface area contributed by atoms with Gasteiger partial charge in [-0.05, 0) is 89.9 Å². The molecule has 0 aliphatic carbocycles. The standard InChI is InChI=1S/C70H118O6/c1-4-7-10-13-16-19-22-25-27-29-31-32-33-34-35-36-37-39-40-42-45-48-51-54-57-60-63-69(72)75-66-67(65-74-68(71)62-59-56-53-50-47-44-24-21-18-15-12-9-6-3)76-70(73)64-61-58-55-52-49-46-43-41-38-30-28-26-23-20-17-14-11-8-5-2/h8-9,11-12,17-18,20-21,26,28,38,41,44,46-47,49,53,56,67H,4-7,10,13-16,19,22-25,27,29-37,39-40,42-43,45,48,50-52,54-55,57-66H2,1-3H3/b11-8-,12-9-,20-17-,21-18-,28-26-,41-38-,47-44-,49-46-,56-53-. The van der Waals surface area contributed by atoms with E-state index in [4.69, 9.17) is 14.2 Å². The average Bonchev–Trinajstić information content (AvgIpc) is 3.42. The molecule has 0 saturated carbocycles. The highest BCUT2D eigenvalue weighted by atomic mass is 16.6. The van der Waals surface area contributed by atoms with Crippen molar-refractivity contribution in [2.24, 2.45) is 0 Å². The van der Waals surface area contributed by atoms with Crippen LogP contribution in [0.4, 0.5) is 0 Å². The van der Waals surface area contributed by atoms with Gasteiger partial charge >= 0.3 is 17.9 Å². The first kappa shape index (κ1) is 72.1. The van der Waals surface area contributed by atoms with Crippen molar-refractivity contribution in [2.45, 2.75) is 303 Å². The zero-order valence-electron chi connectivity index (χ0n) is 49.7. The number of carbonyl (C=O) groups excluding carboxylic acids is 3. The van der Waals surface area contributed by atoms with E-state index in [1.807, 2.05) is 6.08 Å². The van der Waals surface area contributed by atoms with E-state index in [9.17, 15) is 14.4 Å². The molecule has 76 heavy (non-hydrogen) atoms. The van der Waals surface area contributed by atoms with Crippen LogP contribution in [0.2, 0.25) is 0 Å². The van der Waals surface area contributed by atoms with E-state index in [0.29, 0.717) is 19.3 Å². The second-order valence-electron chi connectivity index (χ2n) is 20.9. The lowest BCUT2D eigenvalue weighted by Gasteiger charge is -2.18. The summed E-state index contributed by atoms with van der Waals surface area (Å²) in [5, 5.41) is 0. The molecule has 1 unspecified atom stereocenters. The molecule has 0 N–H and O–H groups in total. The van der Waals surface area contributed by atoms with Crippen molar-refractivity contribution >= 4 is 17.9 Å². The number of ether oxygens (including phenoxy) is 3. The van der Waals surface area contributed by atoms with Crippen LogP contribution in [0.5, 0.6) is 0 Å². The molecule has 1 atom stereocenters. The van der Waals surface area contributed by atoms with E-state index in [1.165, 1.54) is 148 Å². The molecule has 0 spiro atoms. The van der Waals surface area contributed by atoms with Crippen LogP contribution in [-0.4, -0.2) is 37.2 Å². The van der Waals surface area contributed by atoms with Crippen LogP contribution < -0.4 is 0 Å². The van der Waals surface area contributed by atoms with Gasteiger partial charge in [0.2, 0.25) is 0 Å². The third-order valence-corrected chi connectivity index (χ3v) is 13.5. The minimum atomic E-state index is -0.826. The summed E-state index contributed by atoms with van der Waals surface area (Å²) in [6.07, 6.45) is 87.0. The van der Waals surface area contributed by atoms with Gasteiger partial charge in [-0.1, -0.05) is 297 Å². The highest BCUT2D eigenvalue weighted by molar-refractivity contribution is 5.71. The Morgan fingerprint density at radius 1 is 0.276 bits per heavy atom. The van der Waals surface area contributed by atoms with Crippen LogP contribution in [0.15, 0.2) is 109 Å². The minimum Gasteiger partial charge on any atom is -0.462 e. The van der Waals surface area contributed by atoms with Crippen molar-refractivity contribution in [1.29, 1.82) is 0 Å². The molecule has 0 aliphatic rings. The summed E-state index contributed by atoms with van der Waals surface area (Å²) in [5.74, 6) is -1.02. The van der Waals surface area contributed by atoms with Crippen molar-refractivity contribution in [1.82, 2.24) is 0 Å². The van der Waals surface area contributed by atoms with Gasteiger partial charge in [-0.15, -0.1) is 0 Å². The SMILES string of the molecule is CC/C=C\C/C=C\C/C=C\C/C=C\C/C=C\CCCCCC(=O)OC(COC(=O)CC/C=C\C/C=C\C/C=C\C/C=C\CC)COC(=O)CCCCCCCCCCCCCCCCCCCCCCCCCCCC. The summed E-state index contributed by atoms with van der Waals surface area (Å²) in [7, 11) is 0. The number of hydrogen-bond acceptors (Lipinski definition) is 6. The molecule has 0 radical (unpaired) electrons. The van der Waals surface area contributed by atoms with Gasteiger partial charge in [-0.2, -0.15) is 0 Å². The summed E-state index contributed by atoms with van der Waals surface area (Å²) in [5.41, 5.74) is 0. The smallest absolute Gasteiger partial charge is 0.306 e. The molecule has 6 heteroatoms. The molecule has 0 aromatic carbocycles. The third-order valence-electron chi connectivity index (χ3n) is 13.5. The van der Waals surface area contributed by atoms with E-state index in [1.54, 1.807) is 0 Å². The third kappa shape index (κ3) is 60.9. The van der Waals surface area contributed by atoms with Crippen LogP contribution in [-0.2, 0) is 28.6 Å². The summed E-state index contributed by atoms with van der Waals surface area (Å²) in [4.78, 5) is 38.2. The van der Waals surface area contributed by atoms with Crippen LogP contribution in [0.1, 0.15) is 297 Å². The lowest BCUT2D eigenvalue weighted by atomic mass is 10.0. The Balaban J connectivity index is 4.35. The molecule has 6 nitrogen and oxygen atoms in total. The van der Waals surface area contributed by atoms with Gasteiger partial charge in [0.25, 0.3) is 0 Å². The number of unbranched alkanes of at least 4 members (excludes halogenated alkanes) is 28. The summed E-state index contributed by atoms with van der Waals surface area (Å²) in [6.45, 7) is 6.34. The van der Waals surface area contributed by atoms with Crippen molar-refractivity contribution in [3.63, 3.8) is 0 Å². The Morgan fingerprint density at radius 3 is 0.882 bits per heavy atom. The predicted octanol–water partition coefficient (Wildman–Crippen LogP) is 21.8. The molecule has 0 rings (SSSR count). The van der Waals surface area contributed by atoms with E-state index >= 15 is 0 Å². The number of carbonyl (C=O) groups is 3. The van der Waals surface area contributed by atoms with Gasteiger partial charge < -0.3 is 14.2 Å². The lowest BCUT2D eigenvalue weighted by molar-refractivity contribution is -0.166. The Bertz CT molecular complexity index is 1540. The Labute approximate surface area is 470 Å². The van der Waals surface area contributed by atoms with Gasteiger partial charge in [0, 0.05) is 19.3 Å². The maximum Gasteiger partial charge on any atom is 0.306 e. The van der Waals surface area contributed by atoms with Gasteiger partial charge in [0.05, 0.1) is 0 Å². The molecule has 0 aliphatic heterocycles. The minimum absolute atomic E-state index is 0.113. The highest BCUT2D eigenvalue weighted by Gasteiger charge is 2.19. The van der Waals surface area contributed by atoms with Crippen molar-refractivity contribution in [2.75, 3.05) is 13.2 Å². The molecule has 0 aromatic rings. The molecule has 0 heterocycles. The first-order chi connectivity index (χ1) is 37.5. The van der Waals surface area contributed by atoms with E-state index in [-0.39, 0.29) is 44.0 Å². The maximum atomic E-state index is 12.9. The van der Waals surface area contributed by atoms with Crippen LogP contribution in [0.3, 0.4) is 0 Å². The fourth-order valence-corrected chi connectivity index (χ4v) is 8.84. The monoisotopic (exact) mass is 1050 g/mol. The molecule has 434 valence electrons. The summed E-state index contributed by atoms with van der Waals surface area (Å²) < 4.78 is 16.8. The van der Waals surface area contributed by atoms with E-state index in [0.717, 1.165) is 96.3 Å². The molecule has 0 saturated heterocycles. The van der Waals surface area contributed by atoms with E-state index < -0.39 is 6.10 Å². The Kier molecular flexibility index (Phi) is 60.3. The Morgan fingerprint density at radius 2 is 0.539 bits per heavy atom. The maximum absolute atomic E-state index is 12.9. The van der Waals surface area contributed by atoms with Gasteiger partial charge in [0.1, 0.15) is 13.2 Å². The number of rotatable bonds is 57. The first-order valence-corrected chi connectivity index (χ1v) is 31.9. The fraction of sp³-hybridized carbons (Fsp3) is 0.700. The topological polar surface area (TPSA) is 78.9 Å². The zero-order chi connectivity index (χ0) is 55.0. The molecule has 0 bridgehead atoms. The molecular formula is C70H118O6. The predicted molar refractivity (Wildman–Crippen MR) is 330 cm³/mol. The van der Waals surface area contributed by atoms with Crippen LogP contribution >= 0.6 is 0 Å². The fourth-order valence-electron chi connectivity index (χ4n) is 8.84. The molecular weight excluding hydrogens is 937 g/mol. The second kappa shape index (κ2) is 63.6. The van der Waals surface area contributed by atoms with Crippen LogP contribution in [0.25, 0.3) is 0 Å². The van der Waals surface area contributed by atoms with E-state index in [2.05, 4.69) is 124 Å². The summed E-state index contributed by atoms with van der Waals surface area (Å²) in [6, 6.07) is 0. The highest BCUT2D eigenvalue weighted by Crippen LogP contribution is 2.17.